The van der Waals surface area contributed by atoms with E-state index in [2.05, 4.69) is 4.98 Å². The Morgan fingerprint density at radius 3 is 2.92 bits per heavy atom. The molecular formula is C18H13ClN2O2S. The van der Waals surface area contributed by atoms with Crippen molar-refractivity contribution in [3.8, 4) is 17.0 Å². The lowest BCUT2D eigenvalue weighted by Gasteiger charge is -2.30. The molecule has 1 aromatic heterocycles. The number of amides is 1. The molecule has 0 atom stereocenters. The quantitative estimate of drug-likeness (QED) is 0.699. The van der Waals surface area contributed by atoms with Crippen molar-refractivity contribution < 1.29 is 9.53 Å². The van der Waals surface area contributed by atoms with Crippen LogP contribution in [0.15, 0.2) is 53.4 Å². The van der Waals surface area contributed by atoms with Crippen LogP contribution in [-0.4, -0.2) is 17.5 Å². The fourth-order valence-electron chi connectivity index (χ4n) is 2.69. The van der Waals surface area contributed by atoms with Gasteiger partial charge in [0.05, 0.1) is 23.4 Å². The van der Waals surface area contributed by atoms with Gasteiger partial charge in [-0.1, -0.05) is 29.8 Å². The third-order valence-corrected chi connectivity index (χ3v) is 4.87. The number of nitrogens with zero attached hydrogens (tertiary/aromatic N) is 2. The summed E-state index contributed by atoms with van der Waals surface area (Å²) in [5.41, 5.74) is 5.28. The Hall–Kier alpha value is -2.37. The first-order valence-corrected chi connectivity index (χ1v) is 8.73. The van der Waals surface area contributed by atoms with E-state index in [1.165, 1.54) is 11.3 Å². The molecule has 0 bridgehead atoms. The molecule has 0 spiro atoms. The molecule has 4 rings (SSSR count). The zero-order valence-electron chi connectivity index (χ0n) is 12.6. The standard InChI is InChI=1S/C18H13ClN2O2S/c19-14-4-2-1-3-13(14)8-21-16-7-12(15-10-24-11-20-15)5-6-17(16)23-9-18(21)22/h1-7,10-11H,8-9H2. The Kier molecular flexibility index (Phi) is 3.96. The summed E-state index contributed by atoms with van der Waals surface area (Å²) < 4.78 is 5.56. The van der Waals surface area contributed by atoms with Crippen LogP contribution in [0.4, 0.5) is 5.69 Å². The Labute approximate surface area is 148 Å². The number of aromatic nitrogens is 1. The smallest absolute Gasteiger partial charge is 0.265 e. The lowest BCUT2D eigenvalue weighted by atomic mass is 10.1. The van der Waals surface area contributed by atoms with E-state index in [1.54, 1.807) is 10.4 Å². The summed E-state index contributed by atoms with van der Waals surface area (Å²) in [6.45, 7) is 0.447. The number of thiazole rings is 1. The molecule has 1 aliphatic heterocycles. The minimum Gasteiger partial charge on any atom is -0.482 e. The van der Waals surface area contributed by atoms with Gasteiger partial charge in [-0.15, -0.1) is 11.3 Å². The van der Waals surface area contributed by atoms with Gasteiger partial charge in [-0.2, -0.15) is 0 Å². The van der Waals surface area contributed by atoms with Crippen molar-refractivity contribution in [1.82, 2.24) is 4.98 Å². The van der Waals surface area contributed by atoms with E-state index < -0.39 is 0 Å². The maximum Gasteiger partial charge on any atom is 0.265 e. The van der Waals surface area contributed by atoms with E-state index in [9.17, 15) is 4.79 Å². The first kappa shape index (κ1) is 15.2. The largest absolute Gasteiger partial charge is 0.482 e. The van der Waals surface area contributed by atoms with E-state index in [0.29, 0.717) is 17.3 Å². The molecular weight excluding hydrogens is 344 g/mol. The third kappa shape index (κ3) is 2.77. The van der Waals surface area contributed by atoms with Crippen molar-refractivity contribution in [1.29, 1.82) is 0 Å². The maximum atomic E-state index is 12.4. The predicted octanol–water partition coefficient (Wildman–Crippen LogP) is 4.39. The van der Waals surface area contributed by atoms with Gasteiger partial charge < -0.3 is 9.64 Å². The minimum absolute atomic E-state index is 0.0352. The number of rotatable bonds is 3. The predicted molar refractivity (Wildman–Crippen MR) is 95.7 cm³/mol. The fourth-order valence-corrected chi connectivity index (χ4v) is 3.44. The molecule has 0 aliphatic carbocycles. The Balaban J connectivity index is 1.75. The first-order valence-electron chi connectivity index (χ1n) is 7.41. The Morgan fingerprint density at radius 1 is 1.25 bits per heavy atom. The average molecular weight is 357 g/mol. The molecule has 0 unspecified atom stereocenters. The summed E-state index contributed by atoms with van der Waals surface area (Å²) in [5.74, 6) is 0.610. The molecule has 4 nitrogen and oxygen atoms in total. The molecule has 0 saturated heterocycles. The monoisotopic (exact) mass is 356 g/mol. The lowest BCUT2D eigenvalue weighted by molar-refractivity contribution is -0.121. The first-order chi connectivity index (χ1) is 11.7. The summed E-state index contributed by atoms with van der Waals surface area (Å²) in [4.78, 5) is 18.5. The number of halogens is 1. The molecule has 6 heteroatoms. The van der Waals surface area contributed by atoms with E-state index in [4.69, 9.17) is 16.3 Å². The van der Waals surface area contributed by atoms with Gasteiger partial charge in [0.1, 0.15) is 5.75 Å². The van der Waals surface area contributed by atoms with Crippen molar-refractivity contribution in [2.75, 3.05) is 11.5 Å². The van der Waals surface area contributed by atoms with Gasteiger partial charge in [-0.3, -0.25) is 4.79 Å². The third-order valence-electron chi connectivity index (χ3n) is 3.92. The molecule has 0 radical (unpaired) electrons. The van der Waals surface area contributed by atoms with Crippen molar-refractivity contribution in [2.24, 2.45) is 0 Å². The molecule has 0 saturated carbocycles. The van der Waals surface area contributed by atoms with Crippen LogP contribution in [0.1, 0.15) is 5.56 Å². The number of carbonyl (C=O) groups is 1. The van der Waals surface area contributed by atoms with Gasteiger partial charge in [0.25, 0.3) is 5.91 Å². The second-order valence-electron chi connectivity index (χ2n) is 5.42. The van der Waals surface area contributed by atoms with Gasteiger partial charge in [0.15, 0.2) is 6.61 Å². The van der Waals surface area contributed by atoms with Crippen LogP contribution in [0, 0.1) is 0 Å². The number of benzene rings is 2. The topological polar surface area (TPSA) is 42.4 Å². The minimum atomic E-state index is -0.0853. The molecule has 24 heavy (non-hydrogen) atoms. The zero-order valence-corrected chi connectivity index (χ0v) is 14.2. The van der Waals surface area contributed by atoms with Crippen molar-refractivity contribution in [3.05, 3.63) is 63.9 Å². The summed E-state index contributed by atoms with van der Waals surface area (Å²) >= 11 is 7.79. The van der Waals surface area contributed by atoms with Crippen molar-refractivity contribution >= 4 is 34.5 Å². The van der Waals surface area contributed by atoms with Gasteiger partial charge in [-0.05, 0) is 29.8 Å². The molecule has 2 aromatic carbocycles. The highest BCUT2D eigenvalue weighted by atomic mass is 35.5. The molecule has 120 valence electrons. The van der Waals surface area contributed by atoms with Gasteiger partial charge in [-0.25, -0.2) is 4.98 Å². The number of ether oxygens (including phenoxy) is 1. The van der Waals surface area contributed by atoms with Crippen LogP contribution < -0.4 is 9.64 Å². The van der Waals surface area contributed by atoms with E-state index in [-0.39, 0.29) is 12.5 Å². The normalized spacial score (nSPS) is 13.5. The fraction of sp³-hybridized carbons (Fsp3) is 0.111. The van der Waals surface area contributed by atoms with Crippen molar-refractivity contribution in [3.63, 3.8) is 0 Å². The summed E-state index contributed by atoms with van der Waals surface area (Å²) in [7, 11) is 0. The molecule has 1 aliphatic rings. The molecule has 2 heterocycles. The molecule has 0 N–H and O–H groups in total. The zero-order chi connectivity index (χ0) is 16.5. The van der Waals surface area contributed by atoms with E-state index in [0.717, 1.165) is 22.5 Å². The lowest BCUT2D eigenvalue weighted by Crippen LogP contribution is -2.38. The average Bonchev–Trinajstić information content (AvgIpc) is 3.13. The number of carbonyl (C=O) groups excluding carboxylic acids is 1. The summed E-state index contributed by atoms with van der Waals surface area (Å²) in [6, 6.07) is 13.3. The summed E-state index contributed by atoms with van der Waals surface area (Å²) in [5, 5.41) is 2.63. The summed E-state index contributed by atoms with van der Waals surface area (Å²) in [6.07, 6.45) is 0. The van der Waals surface area contributed by atoms with Gasteiger partial charge >= 0.3 is 0 Å². The van der Waals surface area contributed by atoms with Gasteiger partial charge in [0, 0.05) is 16.0 Å². The van der Waals surface area contributed by atoms with Crippen LogP contribution in [0.25, 0.3) is 11.3 Å². The highest BCUT2D eigenvalue weighted by Crippen LogP contribution is 2.37. The molecule has 3 aromatic rings. The second-order valence-corrected chi connectivity index (χ2v) is 6.54. The van der Waals surface area contributed by atoms with Crippen LogP contribution >= 0.6 is 22.9 Å². The SMILES string of the molecule is O=C1COc2ccc(-c3cscn3)cc2N1Cc1ccccc1Cl. The number of fused-ring (bicyclic) bond motifs is 1. The maximum absolute atomic E-state index is 12.4. The number of anilines is 1. The van der Waals surface area contributed by atoms with E-state index >= 15 is 0 Å². The Morgan fingerprint density at radius 2 is 2.12 bits per heavy atom. The number of hydrogen-bond donors (Lipinski definition) is 0. The van der Waals surface area contributed by atoms with Gasteiger partial charge in [0.2, 0.25) is 0 Å². The van der Waals surface area contributed by atoms with E-state index in [1.807, 2.05) is 47.8 Å². The van der Waals surface area contributed by atoms with Crippen LogP contribution in [0.2, 0.25) is 5.02 Å². The van der Waals surface area contributed by atoms with Crippen LogP contribution in [-0.2, 0) is 11.3 Å². The number of hydrogen-bond acceptors (Lipinski definition) is 4. The molecule has 1 amide bonds. The molecule has 0 fully saturated rings. The highest BCUT2D eigenvalue weighted by molar-refractivity contribution is 7.07. The highest BCUT2D eigenvalue weighted by Gasteiger charge is 2.26. The second kappa shape index (κ2) is 6.26. The Bertz CT molecular complexity index is 896. The van der Waals surface area contributed by atoms with Crippen LogP contribution in [0.3, 0.4) is 0 Å². The van der Waals surface area contributed by atoms with Crippen molar-refractivity contribution in [2.45, 2.75) is 6.54 Å². The van der Waals surface area contributed by atoms with Crippen LogP contribution in [0.5, 0.6) is 5.75 Å².